The Bertz CT molecular complexity index is 1160. The van der Waals surface area contributed by atoms with Crippen LogP contribution in [0.1, 0.15) is 16.7 Å². The number of imidazole rings is 1. The summed E-state index contributed by atoms with van der Waals surface area (Å²) in [6.45, 7) is 8.00. The highest BCUT2D eigenvalue weighted by Crippen LogP contribution is 2.41. The van der Waals surface area contributed by atoms with Gasteiger partial charge in [-0.2, -0.15) is 0 Å². The Kier molecular flexibility index (Phi) is 8.08. The second-order valence-electron chi connectivity index (χ2n) is 9.22. The number of aromatic nitrogens is 2. The maximum absolute atomic E-state index is 6.65. The molecule has 0 bridgehead atoms. The van der Waals surface area contributed by atoms with Crippen molar-refractivity contribution in [1.29, 1.82) is 0 Å². The van der Waals surface area contributed by atoms with Crippen molar-refractivity contribution >= 4 is 34.8 Å². The Labute approximate surface area is 226 Å². The molecule has 0 unspecified atom stereocenters. The Morgan fingerprint density at radius 2 is 1.97 bits per heavy atom. The highest BCUT2D eigenvalue weighted by molar-refractivity contribution is 6.35. The van der Waals surface area contributed by atoms with Crippen LogP contribution in [-0.2, 0) is 28.4 Å². The van der Waals surface area contributed by atoms with Crippen molar-refractivity contribution in [1.82, 2.24) is 19.8 Å². The number of nitrogens with one attached hydrogen (secondary N) is 1. The fourth-order valence-corrected chi connectivity index (χ4v) is 5.65. The summed E-state index contributed by atoms with van der Waals surface area (Å²) in [7, 11) is 0. The second-order valence-corrected chi connectivity index (χ2v) is 10.5. The number of hydrogen-bond acceptors (Lipinski definition) is 6. The van der Waals surface area contributed by atoms with Crippen LogP contribution in [0.5, 0.6) is 5.75 Å². The van der Waals surface area contributed by atoms with E-state index in [9.17, 15) is 0 Å². The van der Waals surface area contributed by atoms with E-state index in [4.69, 9.17) is 49.0 Å². The van der Waals surface area contributed by atoms with Gasteiger partial charge in [-0.1, -0.05) is 46.9 Å². The quantitative estimate of drug-likeness (QED) is 0.430. The van der Waals surface area contributed by atoms with Crippen molar-refractivity contribution < 1.29 is 14.2 Å². The first kappa shape index (κ1) is 25.8. The fraction of sp³-hybridized carbons (Fsp3) is 0.423. The van der Waals surface area contributed by atoms with Gasteiger partial charge in [0.05, 0.1) is 29.5 Å². The van der Waals surface area contributed by atoms with Crippen LogP contribution >= 0.6 is 34.8 Å². The number of nitrogens with zero attached hydrogens (tertiary/aromatic N) is 3. The molecular formula is C26H29Cl3N4O3. The lowest BCUT2D eigenvalue weighted by Crippen LogP contribution is -2.42. The summed E-state index contributed by atoms with van der Waals surface area (Å²) >= 11 is 19.3. The standard InChI is InChI=1S/C26H29Cl3N4O3/c1-18-10-19(13-32-7-4-30-5-8-32)11-24(29)25(18)34-14-21-15-35-26(36-21,16-33-9-6-31-17-33)22-3-2-20(27)12-23(22)28/h2-3,6,9-12,17,21,30H,4-5,7-8,13-16H2,1H3/t21-,26-/m1/s1. The van der Waals surface area contributed by atoms with Crippen molar-refractivity contribution in [2.75, 3.05) is 39.4 Å². The molecule has 1 N–H and O–H groups in total. The van der Waals surface area contributed by atoms with Gasteiger partial charge >= 0.3 is 0 Å². The average Bonchev–Trinajstić information content (AvgIpc) is 3.50. The van der Waals surface area contributed by atoms with Gasteiger partial charge < -0.3 is 24.1 Å². The van der Waals surface area contributed by atoms with Gasteiger partial charge in [-0.05, 0) is 36.2 Å². The number of rotatable bonds is 8. The predicted octanol–water partition coefficient (Wildman–Crippen LogP) is 4.90. The number of hydrogen-bond donors (Lipinski definition) is 1. The highest BCUT2D eigenvalue weighted by atomic mass is 35.5. The van der Waals surface area contributed by atoms with Crippen LogP contribution < -0.4 is 10.1 Å². The molecule has 7 nitrogen and oxygen atoms in total. The van der Waals surface area contributed by atoms with E-state index in [1.807, 2.05) is 29.8 Å². The summed E-state index contributed by atoms with van der Waals surface area (Å²) in [4.78, 5) is 6.56. The van der Waals surface area contributed by atoms with Crippen LogP contribution in [-0.4, -0.2) is 59.9 Å². The first-order chi connectivity index (χ1) is 17.4. The molecule has 36 heavy (non-hydrogen) atoms. The molecule has 2 aliphatic rings. The third kappa shape index (κ3) is 5.83. The first-order valence-corrected chi connectivity index (χ1v) is 13.1. The fourth-order valence-electron chi connectivity index (χ4n) is 4.76. The summed E-state index contributed by atoms with van der Waals surface area (Å²) in [5.74, 6) is -0.427. The topological polar surface area (TPSA) is 60.8 Å². The van der Waals surface area contributed by atoms with Crippen LogP contribution in [0.3, 0.4) is 0 Å². The Morgan fingerprint density at radius 1 is 1.14 bits per heavy atom. The Balaban J connectivity index is 1.28. The predicted molar refractivity (Wildman–Crippen MR) is 141 cm³/mol. The Hall–Kier alpha value is -1.84. The molecule has 5 rings (SSSR count). The van der Waals surface area contributed by atoms with Crippen LogP contribution in [0.25, 0.3) is 0 Å². The minimum atomic E-state index is -1.09. The summed E-state index contributed by atoms with van der Waals surface area (Å²) in [6.07, 6.45) is 4.96. The summed E-state index contributed by atoms with van der Waals surface area (Å²) in [5, 5.41) is 5.00. The van der Waals surface area contributed by atoms with E-state index in [-0.39, 0.29) is 12.7 Å². The van der Waals surface area contributed by atoms with E-state index in [1.165, 1.54) is 5.56 Å². The summed E-state index contributed by atoms with van der Waals surface area (Å²) in [5.41, 5.74) is 2.89. The maximum Gasteiger partial charge on any atom is 0.215 e. The van der Waals surface area contributed by atoms with E-state index in [0.29, 0.717) is 39.5 Å². The first-order valence-electron chi connectivity index (χ1n) is 12.0. The van der Waals surface area contributed by atoms with Gasteiger partial charge in [0.1, 0.15) is 18.5 Å². The minimum Gasteiger partial charge on any atom is -0.489 e. The molecule has 0 amide bonds. The van der Waals surface area contributed by atoms with Crippen LogP contribution in [0.4, 0.5) is 0 Å². The molecule has 2 atom stereocenters. The van der Waals surface area contributed by atoms with Gasteiger partial charge in [0.15, 0.2) is 0 Å². The number of benzene rings is 2. The van der Waals surface area contributed by atoms with E-state index in [1.54, 1.807) is 24.7 Å². The molecule has 2 aromatic carbocycles. The normalized spacial score (nSPS) is 22.7. The SMILES string of the molecule is Cc1cc(CN2CCNCC2)cc(Cl)c1OC[C@@H]1CO[C@@](Cn2ccnc2)(c2ccc(Cl)cc2Cl)O1. The molecule has 2 fully saturated rings. The van der Waals surface area contributed by atoms with Gasteiger partial charge in [0, 0.05) is 55.7 Å². The third-order valence-corrected chi connectivity index (χ3v) is 7.30. The molecule has 192 valence electrons. The minimum absolute atomic E-state index is 0.286. The van der Waals surface area contributed by atoms with Gasteiger partial charge in [-0.3, -0.25) is 4.90 Å². The van der Waals surface area contributed by atoms with Crippen molar-refractivity contribution in [3.05, 3.63) is 80.8 Å². The van der Waals surface area contributed by atoms with Crippen molar-refractivity contribution in [3.8, 4) is 5.75 Å². The highest BCUT2D eigenvalue weighted by Gasteiger charge is 2.45. The molecule has 2 saturated heterocycles. The van der Waals surface area contributed by atoms with E-state index in [2.05, 4.69) is 21.3 Å². The zero-order valence-corrected chi connectivity index (χ0v) is 22.3. The van der Waals surface area contributed by atoms with Crippen molar-refractivity contribution in [3.63, 3.8) is 0 Å². The number of ether oxygens (including phenoxy) is 3. The molecular weight excluding hydrogens is 523 g/mol. The third-order valence-electron chi connectivity index (χ3n) is 6.47. The molecule has 1 aromatic heterocycles. The van der Waals surface area contributed by atoms with E-state index >= 15 is 0 Å². The summed E-state index contributed by atoms with van der Waals surface area (Å²) in [6, 6.07) is 9.44. The van der Waals surface area contributed by atoms with Gasteiger partial charge in [-0.15, -0.1) is 0 Å². The number of halogens is 3. The van der Waals surface area contributed by atoms with Crippen LogP contribution in [0, 0.1) is 6.92 Å². The monoisotopic (exact) mass is 550 g/mol. The molecule has 0 aliphatic carbocycles. The van der Waals surface area contributed by atoms with Gasteiger partial charge in [-0.25, -0.2) is 4.98 Å². The summed E-state index contributed by atoms with van der Waals surface area (Å²) < 4.78 is 20.8. The van der Waals surface area contributed by atoms with E-state index in [0.717, 1.165) is 38.3 Å². The Morgan fingerprint density at radius 3 is 2.69 bits per heavy atom. The lowest BCUT2D eigenvalue weighted by atomic mass is 10.1. The molecule has 0 radical (unpaired) electrons. The largest absolute Gasteiger partial charge is 0.489 e. The van der Waals surface area contributed by atoms with E-state index < -0.39 is 5.79 Å². The maximum atomic E-state index is 6.65. The molecule has 3 aromatic rings. The molecule has 2 aliphatic heterocycles. The lowest BCUT2D eigenvalue weighted by Gasteiger charge is -2.30. The number of aryl methyl sites for hydroxylation is 1. The second kappa shape index (κ2) is 11.3. The molecule has 0 spiro atoms. The number of piperazine rings is 1. The molecule has 0 saturated carbocycles. The van der Waals surface area contributed by atoms with Gasteiger partial charge in [0.25, 0.3) is 0 Å². The zero-order valence-electron chi connectivity index (χ0n) is 20.1. The smallest absolute Gasteiger partial charge is 0.215 e. The van der Waals surface area contributed by atoms with Crippen LogP contribution in [0.2, 0.25) is 15.1 Å². The molecule has 10 heteroatoms. The average molecular weight is 552 g/mol. The molecule has 3 heterocycles. The lowest BCUT2D eigenvalue weighted by molar-refractivity contribution is -0.189. The van der Waals surface area contributed by atoms with Crippen LogP contribution in [0.15, 0.2) is 49.1 Å². The van der Waals surface area contributed by atoms with Crippen molar-refractivity contribution in [2.45, 2.75) is 31.9 Å². The van der Waals surface area contributed by atoms with Gasteiger partial charge in [0.2, 0.25) is 5.79 Å². The van der Waals surface area contributed by atoms with Crippen molar-refractivity contribution in [2.24, 2.45) is 0 Å². The zero-order chi connectivity index (χ0) is 25.1.